The molecule has 0 saturated heterocycles. The zero-order valence-electron chi connectivity index (χ0n) is 13.7. The highest BCUT2D eigenvalue weighted by Gasteiger charge is 2.15. The van der Waals surface area contributed by atoms with Gasteiger partial charge in [0, 0.05) is 19.8 Å². The molecular formula is C15H35NO3Si. The van der Waals surface area contributed by atoms with E-state index in [2.05, 4.69) is 20.8 Å². The van der Waals surface area contributed by atoms with Crippen LogP contribution in [0.15, 0.2) is 0 Å². The first-order chi connectivity index (χ1) is 9.74. The molecule has 0 aliphatic carbocycles. The molecule has 4 nitrogen and oxygen atoms in total. The number of unbranched alkanes of at least 4 members (excludes halogenated alkanes) is 2. The predicted molar refractivity (Wildman–Crippen MR) is 86.9 cm³/mol. The average Bonchev–Trinajstić information content (AvgIpc) is 2.45. The number of hydrogen-bond donors (Lipinski definition) is 1. The van der Waals surface area contributed by atoms with Crippen molar-refractivity contribution in [3.8, 4) is 0 Å². The molecule has 0 aromatic rings. The summed E-state index contributed by atoms with van der Waals surface area (Å²) in [5, 5.41) is 0. The minimum atomic E-state index is -1.91. The van der Waals surface area contributed by atoms with Gasteiger partial charge in [0.05, 0.1) is 0 Å². The van der Waals surface area contributed by atoms with Gasteiger partial charge in [0.2, 0.25) is 0 Å². The molecule has 1 atom stereocenters. The summed E-state index contributed by atoms with van der Waals surface area (Å²) in [6.07, 6.45) is 7.80. The van der Waals surface area contributed by atoms with E-state index in [1.54, 1.807) is 0 Å². The molecular weight excluding hydrogens is 270 g/mol. The van der Waals surface area contributed by atoms with Crippen molar-refractivity contribution in [3.05, 3.63) is 0 Å². The average molecular weight is 306 g/mol. The highest BCUT2D eigenvalue weighted by atomic mass is 28.3. The van der Waals surface area contributed by atoms with E-state index >= 15 is 0 Å². The van der Waals surface area contributed by atoms with Crippen molar-refractivity contribution in [2.24, 2.45) is 11.7 Å². The Morgan fingerprint density at radius 1 is 0.850 bits per heavy atom. The highest BCUT2D eigenvalue weighted by molar-refractivity contribution is 6.36. The summed E-state index contributed by atoms with van der Waals surface area (Å²) < 4.78 is 17.4. The van der Waals surface area contributed by atoms with Gasteiger partial charge in [0.1, 0.15) is 0 Å². The van der Waals surface area contributed by atoms with E-state index in [0.29, 0.717) is 5.92 Å². The topological polar surface area (TPSA) is 53.7 Å². The van der Waals surface area contributed by atoms with Crippen LogP contribution in [0.25, 0.3) is 0 Å². The summed E-state index contributed by atoms with van der Waals surface area (Å²) in [4.78, 5) is 0. The SMILES string of the molecule is CCCCO[SiH](OCCCC)OCCC(C)CCCN. The van der Waals surface area contributed by atoms with E-state index in [1.165, 1.54) is 6.42 Å². The lowest BCUT2D eigenvalue weighted by Gasteiger charge is -2.18. The molecule has 0 saturated carbocycles. The third-order valence-electron chi connectivity index (χ3n) is 3.27. The molecule has 0 aromatic heterocycles. The lowest BCUT2D eigenvalue weighted by molar-refractivity contribution is 0.0864. The van der Waals surface area contributed by atoms with Crippen LogP contribution < -0.4 is 5.73 Å². The van der Waals surface area contributed by atoms with E-state index in [9.17, 15) is 0 Å². The van der Waals surface area contributed by atoms with Crippen molar-refractivity contribution in [2.45, 2.75) is 65.7 Å². The van der Waals surface area contributed by atoms with Crippen molar-refractivity contribution in [2.75, 3.05) is 26.4 Å². The maximum atomic E-state index is 5.85. The van der Waals surface area contributed by atoms with E-state index in [4.69, 9.17) is 19.0 Å². The second-order valence-corrected chi connectivity index (χ2v) is 7.01. The third kappa shape index (κ3) is 13.1. The number of hydrogen-bond acceptors (Lipinski definition) is 4. The summed E-state index contributed by atoms with van der Waals surface area (Å²) in [6, 6.07) is 0. The first-order valence-electron chi connectivity index (χ1n) is 8.29. The molecule has 122 valence electrons. The highest BCUT2D eigenvalue weighted by Crippen LogP contribution is 2.10. The molecule has 0 radical (unpaired) electrons. The molecule has 0 fully saturated rings. The van der Waals surface area contributed by atoms with Crippen LogP contribution in [0.1, 0.15) is 65.7 Å². The predicted octanol–water partition coefficient (Wildman–Crippen LogP) is 3.12. The Labute approximate surface area is 127 Å². The van der Waals surface area contributed by atoms with E-state index in [1.807, 2.05) is 0 Å². The van der Waals surface area contributed by atoms with Crippen molar-refractivity contribution in [3.63, 3.8) is 0 Å². The Morgan fingerprint density at radius 3 is 1.90 bits per heavy atom. The summed E-state index contributed by atoms with van der Waals surface area (Å²) in [7, 11) is -1.91. The summed E-state index contributed by atoms with van der Waals surface area (Å²) in [5.74, 6) is 0.666. The Hall–Kier alpha value is 0.0569. The molecule has 0 spiro atoms. The molecule has 20 heavy (non-hydrogen) atoms. The molecule has 0 bridgehead atoms. The summed E-state index contributed by atoms with van der Waals surface area (Å²) in [6.45, 7) is 9.65. The van der Waals surface area contributed by atoms with Gasteiger partial charge in [-0.1, -0.05) is 33.6 Å². The molecule has 1 unspecified atom stereocenters. The molecule has 0 aliphatic heterocycles. The van der Waals surface area contributed by atoms with Crippen LogP contribution in [0, 0.1) is 5.92 Å². The number of nitrogens with two attached hydrogens (primary N) is 1. The largest absolute Gasteiger partial charge is 0.484 e. The Morgan fingerprint density at radius 2 is 1.40 bits per heavy atom. The zero-order chi connectivity index (χ0) is 15.1. The summed E-state index contributed by atoms with van der Waals surface area (Å²) in [5.41, 5.74) is 5.53. The van der Waals surface area contributed by atoms with Crippen molar-refractivity contribution >= 4 is 9.53 Å². The van der Waals surface area contributed by atoms with Crippen LogP contribution in [0.4, 0.5) is 0 Å². The Kier molecular flexibility index (Phi) is 15.5. The van der Waals surface area contributed by atoms with Crippen LogP contribution in [0.5, 0.6) is 0 Å². The fraction of sp³-hybridized carbons (Fsp3) is 1.00. The molecule has 0 rings (SSSR count). The van der Waals surface area contributed by atoms with E-state index in [0.717, 1.165) is 64.9 Å². The first-order valence-corrected chi connectivity index (χ1v) is 9.70. The normalized spacial score (nSPS) is 13.1. The van der Waals surface area contributed by atoms with Gasteiger partial charge in [-0.3, -0.25) is 0 Å². The lowest BCUT2D eigenvalue weighted by Crippen LogP contribution is -2.29. The number of rotatable bonds is 15. The van der Waals surface area contributed by atoms with Gasteiger partial charge in [-0.05, 0) is 44.6 Å². The Bertz CT molecular complexity index is 186. The van der Waals surface area contributed by atoms with Gasteiger partial charge in [-0.25, -0.2) is 0 Å². The van der Waals surface area contributed by atoms with Crippen molar-refractivity contribution < 1.29 is 13.3 Å². The molecule has 0 amide bonds. The summed E-state index contributed by atoms with van der Waals surface area (Å²) >= 11 is 0. The maximum absolute atomic E-state index is 5.85. The van der Waals surface area contributed by atoms with Gasteiger partial charge in [-0.2, -0.15) is 0 Å². The minimum Gasteiger partial charge on any atom is -0.376 e. The van der Waals surface area contributed by atoms with E-state index < -0.39 is 9.53 Å². The molecule has 2 N–H and O–H groups in total. The fourth-order valence-electron chi connectivity index (χ4n) is 1.77. The molecule has 5 heteroatoms. The van der Waals surface area contributed by atoms with Gasteiger partial charge in [-0.15, -0.1) is 0 Å². The van der Waals surface area contributed by atoms with Crippen LogP contribution >= 0.6 is 0 Å². The quantitative estimate of drug-likeness (QED) is 0.373. The first kappa shape index (κ1) is 20.1. The second-order valence-electron chi connectivity index (χ2n) is 5.43. The molecule has 0 heterocycles. The van der Waals surface area contributed by atoms with Gasteiger partial charge in [0.15, 0.2) is 0 Å². The van der Waals surface area contributed by atoms with E-state index in [-0.39, 0.29) is 0 Å². The zero-order valence-corrected chi connectivity index (χ0v) is 14.9. The third-order valence-corrected chi connectivity index (χ3v) is 4.79. The molecule has 0 aromatic carbocycles. The van der Waals surface area contributed by atoms with Crippen LogP contribution in [-0.2, 0) is 13.3 Å². The van der Waals surface area contributed by atoms with Crippen LogP contribution in [0.3, 0.4) is 0 Å². The smallest absolute Gasteiger partial charge is 0.376 e. The van der Waals surface area contributed by atoms with Crippen molar-refractivity contribution in [1.29, 1.82) is 0 Å². The Balaban J connectivity index is 3.76. The van der Waals surface area contributed by atoms with Gasteiger partial charge >= 0.3 is 9.53 Å². The van der Waals surface area contributed by atoms with Gasteiger partial charge in [0.25, 0.3) is 0 Å². The van der Waals surface area contributed by atoms with Crippen LogP contribution in [0.2, 0.25) is 0 Å². The molecule has 0 aliphatic rings. The van der Waals surface area contributed by atoms with Crippen molar-refractivity contribution in [1.82, 2.24) is 0 Å². The second kappa shape index (κ2) is 15.4. The minimum absolute atomic E-state index is 0.666. The fourth-order valence-corrected chi connectivity index (χ4v) is 3.10. The maximum Gasteiger partial charge on any atom is 0.484 e. The monoisotopic (exact) mass is 305 g/mol. The van der Waals surface area contributed by atoms with Crippen LogP contribution in [-0.4, -0.2) is 35.9 Å². The lowest BCUT2D eigenvalue weighted by atomic mass is 10.0. The van der Waals surface area contributed by atoms with Gasteiger partial charge < -0.3 is 19.0 Å². The standard InChI is InChI=1S/C15H35NO3Si/c1-4-6-12-17-20(18-13-7-5-2)19-14-10-15(3)9-8-11-16/h15,20H,4-14,16H2,1-3H3.